The average Bonchev–Trinajstić information content (AvgIpc) is 3.17. The van der Waals surface area contributed by atoms with Crippen molar-refractivity contribution in [2.24, 2.45) is 0 Å². The van der Waals surface area contributed by atoms with Gasteiger partial charge >= 0.3 is 0 Å². The first-order chi connectivity index (χ1) is 14.8. The number of hydrogen-bond acceptors (Lipinski definition) is 5. The third-order valence-corrected chi connectivity index (χ3v) is 6.66. The molecule has 1 aromatic heterocycles. The van der Waals surface area contributed by atoms with Gasteiger partial charge in [0.05, 0.1) is 4.90 Å². The molecule has 1 atom stereocenters. The van der Waals surface area contributed by atoms with Gasteiger partial charge in [-0.15, -0.1) is 0 Å². The molecule has 1 unspecified atom stereocenters. The highest BCUT2D eigenvalue weighted by Crippen LogP contribution is 2.31. The molecule has 0 aliphatic rings. The van der Waals surface area contributed by atoms with Gasteiger partial charge in [-0.25, -0.2) is 8.42 Å². The zero-order valence-corrected chi connectivity index (χ0v) is 18.3. The van der Waals surface area contributed by atoms with E-state index in [4.69, 9.17) is 4.42 Å². The maximum absolute atomic E-state index is 13.2. The number of furan rings is 1. The minimum absolute atomic E-state index is 0.0920. The summed E-state index contributed by atoms with van der Waals surface area (Å²) in [7, 11) is -0.197. The third-order valence-electron chi connectivity index (χ3n) is 5.19. The van der Waals surface area contributed by atoms with Crippen LogP contribution < -0.4 is 9.62 Å². The van der Waals surface area contributed by atoms with E-state index in [2.05, 4.69) is 4.72 Å². The fraction of sp³-hybridized carbons (Fsp3) is 0.167. The van der Waals surface area contributed by atoms with Gasteiger partial charge in [-0.05, 0) is 42.3 Å². The molecule has 0 amide bonds. The van der Waals surface area contributed by atoms with E-state index in [0.717, 1.165) is 22.2 Å². The number of hydrogen-bond donors (Lipinski definition) is 2. The van der Waals surface area contributed by atoms with E-state index in [1.54, 1.807) is 24.3 Å². The fourth-order valence-corrected chi connectivity index (χ4v) is 4.78. The third kappa shape index (κ3) is 4.20. The molecular formula is C24H24N2O4S. The van der Waals surface area contributed by atoms with E-state index in [1.807, 2.05) is 68.4 Å². The maximum atomic E-state index is 13.2. The summed E-state index contributed by atoms with van der Waals surface area (Å²) in [6, 6.07) is 21.6. The second-order valence-corrected chi connectivity index (χ2v) is 9.28. The molecule has 4 rings (SSSR count). The Morgan fingerprint density at radius 1 is 0.935 bits per heavy atom. The van der Waals surface area contributed by atoms with Crippen LogP contribution in [0.1, 0.15) is 17.6 Å². The molecule has 0 fully saturated rings. The molecule has 0 aliphatic heterocycles. The quantitative estimate of drug-likeness (QED) is 0.437. The van der Waals surface area contributed by atoms with Crippen LogP contribution in [-0.4, -0.2) is 27.6 Å². The maximum Gasteiger partial charge on any atom is 0.243 e. The molecule has 6 nitrogen and oxygen atoms in total. The normalized spacial score (nSPS) is 12.8. The van der Waals surface area contributed by atoms with Crippen molar-refractivity contribution in [1.82, 2.24) is 4.72 Å². The molecule has 0 saturated carbocycles. The van der Waals surface area contributed by atoms with Gasteiger partial charge in [0, 0.05) is 36.8 Å². The summed E-state index contributed by atoms with van der Waals surface area (Å²) in [4.78, 5) is 2.03. The first-order valence-electron chi connectivity index (χ1n) is 9.82. The Balaban J connectivity index is 1.67. The summed E-state index contributed by atoms with van der Waals surface area (Å²) >= 11 is 0. The highest BCUT2D eigenvalue weighted by Gasteiger charge is 2.25. The molecule has 0 radical (unpaired) electrons. The Bertz CT molecular complexity index is 1340. The largest absolute Gasteiger partial charge is 0.457 e. The van der Waals surface area contributed by atoms with Gasteiger partial charge in [0.15, 0.2) is 6.23 Å². The number of benzene rings is 3. The van der Waals surface area contributed by atoms with Gasteiger partial charge in [0.1, 0.15) is 11.3 Å². The molecule has 2 N–H and O–H groups in total. The lowest BCUT2D eigenvalue weighted by Gasteiger charge is -2.15. The van der Waals surface area contributed by atoms with Crippen LogP contribution in [0.3, 0.4) is 0 Å². The molecule has 4 aromatic rings. The van der Waals surface area contributed by atoms with Crippen molar-refractivity contribution in [1.29, 1.82) is 0 Å². The van der Waals surface area contributed by atoms with Crippen LogP contribution in [0.2, 0.25) is 0 Å². The summed E-state index contributed by atoms with van der Waals surface area (Å²) in [6.45, 7) is 1.93. The Hall–Kier alpha value is -3.13. The van der Waals surface area contributed by atoms with Crippen LogP contribution in [0.5, 0.6) is 0 Å². The number of sulfonamides is 1. The van der Waals surface area contributed by atoms with Crippen LogP contribution in [0.15, 0.2) is 82.1 Å². The predicted molar refractivity (Wildman–Crippen MR) is 122 cm³/mol. The van der Waals surface area contributed by atoms with Crippen LogP contribution in [-0.2, 0) is 10.0 Å². The topological polar surface area (TPSA) is 82.8 Å². The number of rotatable bonds is 6. The van der Waals surface area contributed by atoms with Gasteiger partial charge < -0.3 is 14.4 Å². The van der Waals surface area contributed by atoms with Crippen LogP contribution >= 0.6 is 0 Å². The van der Waals surface area contributed by atoms with E-state index < -0.39 is 16.3 Å². The van der Waals surface area contributed by atoms with Crippen LogP contribution in [0, 0.1) is 6.92 Å². The second-order valence-electron chi connectivity index (χ2n) is 7.60. The standard InChI is InChI=1S/C24H24N2O4S/c1-16-8-4-5-9-19(16)20-10-6-7-11-23(20)31(28,29)25-24(27)22-14-17-12-13-18(26(2)3)15-21(17)30-22/h4-15,24-25,27H,1-3H3. The lowest BCUT2D eigenvalue weighted by atomic mass is 10.0. The summed E-state index contributed by atoms with van der Waals surface area (Å²) in [5.41, 5.74) is 3.86. The monoisotopic (exact) mass is 436 g/mol. The SMILES string of the molecule is Cc1ccccc1-c1ccccc1S(=O)(=O)NC(O)c1cc2ccc(N(C)C)cc2o1. The first kappa shape index (κ1) is 21.1. The molecule has 0 saturated heterocycles. The lowest BCUT2D eigenvalue weighted by molar-refractivity contribution is 0.141. The zero-order valence-electron chi connectivity index (χ0n) is 17.5. The lowest BCUT2D eigenvalue weighted by Crippen LogP contribution is -2.28. The van der Waals surface area contributed by atoms with Crippen molar-refractivity contribution in [3.8, 4) is 11.1 Å². The Morgan fingerprint density at radius 3 is 2.32 bits per heavy atom. The summed E-state index contributed by atoms with van der Waals surface area (Å²) in [5.74, 6) is 0.128. The van der Waals surface area contributed by atoms with Crippen molar-refractivity contribution < 1.29 is 17.9 Å². The highest BCUT2D eigenvalue weighted by molar-refractivity contribution is 7.89. The van der Waals surface area contributed by atoms with E-state index >= 15 is 0 Å². The van der Waals surface area contributed by atoms with Crippen molar-refractivity contribution in [3.05, 3.63) is 84.1 Å². The molecular weight excluding hydrogens is 412 g/mol. The second kappa shape index (κ2) is 8.19. The van der Waals surface area contributed by atoms with Gasteiger partial charge in [-0.1, -0.05) is 42.5 Å². The van der Waals surface area contributed by atoms with Crippen molar-refractivity contribution >= 4 is 26.7 Å². The van der Waals surface area contributed by atoms with E-state index in [0.29, 0.717) is 11.1 Å². The Morgan fingerprint density at radius 2 is 1.61 bits per heavy atom. The molecule has 31 heavy (non-hydrogen) atoms. The van der Waals surface area contributed by atoms with Crippen LogP contribution in [0.4, 0.5) is 5.69 Å². The van der Waals surface area contributed by atoms with Gasteiger partial charge in [0.2, 0.25) is 10.0 Å². The van der Waals surface area contributed by atoms with E-state index in [1.165, 1.54) is 6.07 Å². The number of fused-ring (bicyclic) bond motifs is 1. The molecule has 0 bridgehead atoms. The molecule has 0 aliphatic carbocycles. The molecule has 0 spiro atoms. The minimum Gasteiger partial charge on any atom is -0.457 e. The van der Waals surface area contributed by atoms with E-state index in [9.17, 15) is 13.5 Å². The molecule has 160 valence electrons. The number of nitrogens with one attached hydrogen (secondary N) is 1. The van der Waals surface area contributed by atoms with Crippen molar-refractivity contribution in [2.45, 2.75) is 18.0 Å². The average molecular weight is 437 g/mol. The van der Waals surface area contributed by atoms with Gasteiger partial charge in [-0.3, -0.25) is 0 Å². The number of nitrogens with zero attached hydrogens (tertiary/aromatic N) is 1. The predicted octanol–water partition coefficient (Wildman–Crippen LogP) is 4.44. The smallest absolute Gasteiger partial charge is 0.243 e. The van der Waals surface area contributed by atoms with Crippen molar-refractivity contribution in [3.63, 3.8) is 0 Å². The molecule has 3 aromatic carbocycles. The highest BCUT2D eigenvalue weighted by atomic mass is 32.2. The molecule has 7 heteroatoms. The van der Waals surface area contributed by atoms with Crippen LogP contribution in [0.25, 0.3) is 22.1 Å². The summed E-state index contributed by atoms with van der Waals surface area (Å²) in [6.07, 6.45) is -1.52. The number of aryl methyl sites for hydroxylation is 1. The Kier molecular flexibility index (Phi) is 5.58. The summed E-state index contributed by atoms with van der Waals surface area (Å²) < 4.78 is 34.4. The minimum atomic E-state index is -4.03. The van der Waals surface area contributed by atoms with Gasteiger partial charge in [0.25, 0.3) is 0 Å². The summed E-state index contributed by atoms with van der Waals surface area (Å²) in [5, 5.41) is 11.4. The number of aliphatic hydroxyl groups excluding tert-OH is 1. The first-order valence-corrected chi connectivity index (χ1v) is 11.3. The Labute approximate surface area is 181 Å². The van der Waals surface area contributed by atoms with Crippen molar-refractivity contribution in [2.75, 3.05) is 19.0 Å². The zero-order chi connectivity index (χ0) is 22.2. The molecule has 1 heterocycles. The number of anilines is 1. The number of aliphatic hydroxyl groups is 1. The van der Waals surface area contributed by atoms with Gasteiger partial charge in [-0.2, -0.15) is 4.72 Å². The fourth-order valence-electron chi connectivity index (χ4n) is 3.52. The van der Waals surface area contributed by atoms with E-state index in [-0.39, 0.29) is 10.7 Å².